The zero-order valence-corrected chi connectivity index (χ0v) is 22.7. The summed E-state index contributed by atoms with van der Waals surface area (Å²) in [6.07, 6.45) is 5.14. The minimum absolute atomic E-state index is 0.0647. The van der Waals surface area contributed by atoms with Gasteiger partial charge in [-0.1, -0.05) is 11.6 Å². The molecular formula is C25H33ClN6O3S. The molecule has 0 saturated carbocycles. The van der Waals surface area contributed by atoms with Gasteiger partial charge in [-0.2, -0.15) is 4.98 Å². The molecule has 36 heavy (non-hydrogen) atoms. The molecule has 194 valence electrons. The summed E-state index contributed by atoms with van der Waals surface area (Å²) >= 11 is 6.43. The Bertz CT molecular complexity index is 1420. The maximum Gasteiger partial charge on any atom is 0.260 e. The monoisotopic (exact) mass is 532 g/mol. The largest absolute Gasteiger partial charge is 0.354 e. The number of nitrogens with one attached hydrogen (secondary N) is 1. The summed E-state index contributed by atoms with van der Waals surface area (Å²) in [5.41, 5.74) is 0.893. The second-order valence-electron chi connectivity index (χ2n) is 9.47. The lowest BCUT2D eigenvalue weighted by Gasteiger charge is -2.28. The molecule has 3 heterocycles. The number of aryl methyl sites for hydroxylation is 1. The third-order valence-electron chi connectivity index (χ3n) is 6.82. The van der Waals surface area contributed by atoms with Crippen LogP contribution in [0.1, 0.15) is 26.2 Å². The van der Waals surface area contributed by atoms with Crippen LogP contribution in [0.5, 0.6) is 0 Å². The Hall–Kier alpha value is -2.53. The quantitative estimate of drug-likeness (QED) is 0.473. The second kappa shape index (κ2) is 10.8. The van der Waals surface area contributed by atoms with Gasteiger partial charge in [-0.25, -0.2) is 17.7 Å². The van der Waals surface area contributed by atoms with Crippen LogP contribution in [-0.4, -0.2) is 72.9 Å². The number of fused-ring (bicyclic) bond motifs is 1. The third-order valence-corrected chi connectivity index (χ3v) is 8.96. The fourth-order valence-electron chi connectivity index (χ4n) is 4.55. The van der Waals surface area contributed by atoms with Crippen molar-refractivity contribution >= 4 is 38.6 Å². The minimum atomic E-state index is -3.69. The summed E-state index contributed by atoms with van der Waals surface area (Å²) in [5.74, 6) is 1.18. The van der Waals surface area contributed by atoms with Crippen LogP contribution in [0.25, 0.3) is 22.2 Å². The summed E-state index contributed by atoms with van der Waals surface area (Å²) < 4.78 is 28.0. The lowest BCUT2D eigenvalue weighted by Crippen LogP contribution is -2.31. The van der Waals surface area contributed by atoms with E-state index >= 15 is 0 Å². The van der Waals surface area contributed by atoms with E-state index in [1.54, 1.807) is 16.8 Å². The second-order valence-corrected chi connectivity index (χ2v) is 12.0. The van der Waals surface area contributed by atoms with Crippen molar-refractivity contribution in [3.8, 4) is 11.1 Å². The van der Waals surface area contributed by atoms with Crippen LogP contribution in [0.4, 0.5) is 5.95 Å². The van der Waals surface area contributed by atoms with E-state index in [0.717, 1.165) is 30.4 Å². The molecule has 1 saturated heterocycles. The van der Waals surface area contributed by atoms with Gasteiger partial charge in [0, 0.05) is 54.9 Å². The number of hydrogen-bond acceptors (Lipinski definition) is 7. The van der Waals surface area contributed by atoms with Crippen LogP contribution >= 0.6 is 11.6 Å². The molecule has 1 N–H and O–H groups in total. The number of benzene rings is 1. The minimum Gasteiger partial charge on any atom is -0.354 e. The molecule has 1 aliphatic rings. The summed E-state index contributed by atoms with van der Waals surface area (Å²) in [4.78, 5) is 25.0. The molecule has 0 atom stereocenters. The average molecular weight is 533 g/mol. The Kier molecular flexibility index (Phi) is 7.99. The van der Waals surface area contributed by atoms with E-state index in [4.69, 9.17) is 11.6 Å². The molecule has 1 aromatic carbocycles. The highest BCUT2D eigenvalue weighted by molar-refractivity contribution is 7.89. The average Bonchev–Trinajstić information content (AvgIpc) is 2.85. The summed E-state index contributed by atoms with van der Waals surface area (Å²) in [6.45, 7) is 5.31. The summed E-state index contributed by atoms with van der Waals surface area (Å²) in [7, 11) is 1.39. The number of likely N-dealkylation sites (tertiary alicyclic amines) is 1. The van der Waals surface area contributed by atoms with E-state index in [-0.39, 0.29) is 10.5 Å². The van der Waals surface area contributed by atoms with E-state index in [0.29, 0.717) is 45.6 Å². The zero-order chi connectivity index (χ0) is 26.0. The number of halogens is 1. The molecule has 0 unspecified atom stereocenters. The first-order valence-corrected chi connectivity index (χ1v) is 14.0. The first-order valence-electron chi connectivity index (χ1n) is 12.2. The fraction of sp³-hybridized carbons (Fsp3) is 0.480. The van der Waals surface area contributed by atoms with Gasteiger partial charge in [-0.3, -0.25) is 9.36 Å². The predicted molar refractivity (Wildman–Crippen MR) is 144 cm³/mol. The molecular weight excluding hydrogens is 500 g/mol. The highest BCUT2D eigenvalue weighted by Gasteiger charge is 2.21. The number of hydrogen-bond donors (Lipinski definition) is 1. The molecule has 11 heteroatoms. The van der Waals surface area contributed by atoms with Crippen LogP contribution in [0, 0.1) is 5.92 Å². The first kappa shape index (κ1) is 26.5. The van der Waals surface area contributed by atoms with E-state index in [1.165, 1.54) is 45.1 Å². The number of aromatic nitrogens is 3. The van der Waals surface area contributed by atoms with Crippen molar-refractivity contribution in [3.05, 3.63) is 45.8 Å². The van der Waals surface area contributed by atoms with Gasteiger partial charge in [0.25, 0.3) is 5.56 Å². The smallest absolute Gasteiger partial charge is 0.260 e. The first-order chi connectivity index (χ1) is 17.1. The molecule has 3 aromatic rings. The van der Waals surface area contributed by atoms with Crippen LogP contribution in [0.3, 0.4) is 0 Å². The van der Waals surface area contributed by atoms with Crippen molar-refractivity contribution in [2.75, 3.05) is 46.1 Å². The van der Waals surface area contributed by atoms with E-state index in [2.05, 4.69) is 27.2 Å². The molecule has 2 aromatic heterocycles. The summed E-state index contributed by atoms with van der Waals surface area (Å²) in [6, 6.07) is 6.06. The highest BCUT2D eigenvalue weighted by Crippen LogP contribution is 2.31. The standard InChI is InChI=1S/C25H33ClN6O3S/c1-5-32-23-18(16-28-25(29-23)27-11-8-17-9-12-31(4)13-10-17)14-21(24(32)33)20-15-19(6-7-22(20)26)36(34,35)30(2)3/h6-7,14-17H,5,8-13H2,1-4H3,(H,27,28,29). The van der Waals surface area contributed by atoms with Crippen molar-refractivity contribution < 1.29 is 8.42 Å². The van der Waals surface area contributed by atoms with Crippen molar-refractivity contribution in [3.63, 3.8) is 0 Å². The van der Waals surface area contributed by atoms with Crippen molar-refractivity contribution in [1.29, 1.82) is 0 Å². The lowest BCUT2D eigenvalue weighted by atomic mass is 9.94. The zero-order valence-electron chi connectivity index (χ0n) is 21.2. The van der Waals surface area contributed by atoms with Gasteiger partial charge < -0.3 is 10.2 Å². The van der Waals surface area contributed by atoms with E-state index < -0.39 is 10.0 Å². The van der Waals surface area contributed by atoms with Gasteiger partial charge in [-0.15, -0.1) is 0 Å². The molecule has 4 rings (SSSR count). The molecule has 0 amide bonds. The predicted octanol–water partition coefficient (Wildman–Crippen LogP) is 3.53. The number of sulfonamides is 1. The third kappa shape index (κ3) is 5.41. The maximum absolute atomic E-state index is 13.5. The Morgan fingerprint density at radius 1 is 1.17 bits per heavy atom. The van der Waals surface area contributed by atoms with Gasteiger partial charge >= 0.3 is 0 Å². The topological polar surface area (TPSA) is 100 Å². The molecule has 1 aliphatic heterocycles. The molecule has 9 nitrogen and oxygen atoms in total. The van der Waals surface area contributed by atoms with Gasteiger partial charge in [0.15, 0.2) is 0 Å². The van der Waals surface area contributed by atoms with Gasteiger partial charge in [0.1, 0.15) is 5.65 Å². The van der Waals surface area contributed by atoms with E-state index in [9.17, 15) is 13.2 Å². The Morgan fingerprint density at radius 3 is 2.56 bits per heavy atom. The summed E-state index contributed by atoms with van der Waals surface area (Å²) in [5, 5.41) is 4.27. The molecule has 0 spiro atoms. The van der Waals surface area contributed by atoms with Crippen molar-refractivity contribution in [1.82, 2.24) is 23.7 Å². The maximum atomic E-state index is 13.5. The number of nitrogens with zero attached hydrogens (tertiary/aromatic N) is 5. The van der Waals surface area contributed by atoms with Crippen LogP contribution in [0.2, 0.25) is 5.02 Å². The van der Waals surface area contributed by atoms with Gasteiger partial charge in [0.05, 0.1) is 4.90 Å². The molecule has 0 aliphatic carbocycles. The van der Waals surface area contributed by atoms with E-state index in [1.807, 2.05) is 6.92 Å². The number of rotatable bonds is 8. The SMILES string of the molecule is CCn1c(=O)c(-c2cc(S(=O)(=O)N(C)C)ccc2Cl)cc2cnc(NCCC3CCN(C)CC3)nc21. The number of anilines is 1. The van der Waals surface area contributed by atoms with Crippen LogP contribution in [0.15, 0.2) is 40.2 Å². The van der Waals surface area contributed by atoms with Crippen LogP contribution in [-0.2, 0) is 16.6 Å². The lowest BCUT2D eigenvalue weighted by molar-refractivity contribution is 0.215. The van der Waals surface area contributed by atoms with Gasteiger partial charge in [-0.05, 0) is 76.5 Å². The van der Waals surface area contributed by atoms with Crippen molar-refractivity contribution in [2.24, 2.45) is 5.92 Å². The Morgan fingerprint density at radius 2 is 1.89 bits per heavy atom. The Labute approximate surface area is 217 Å². The highest BCUT2D eigenvalue weighted by atomic mass is 35.5. The molecule has 0 bridgehead atoms. The number of pyridine rings is 1. The normalized spacial score (nSPS) is 15.6. The van der Waals surface area contributed by atoms with Crippen molar-refractivity contribution in [2.45, 2.75) is 37.6 Å². The van der Waals surface area contributed by atoms with Crippen LogP contribution < -0.4 is 10.9 Å². The Balaban J connectivity index is 1.65. The van der Waals surface area contributed by atoms with Gasteiger partial charge in [0.2, 0.25) is 16.0 Å². The molecule has 1 fully saturated rings. The fourth-order valence-corrected chi connectivity index (χ4v) is 5.70. The number of piperidine rings is 1. The molecule has 0 radical (unpaired) electrons.